The molecular formula is C16H22N4O3S. The number of aryl methyl sites for hydroxylation is 1. The number of nitrogens with one attached hydrogen (secondary N) is 1. The predicted octanol–water partition coefficient (Wildman–Crippen LogP) is 1.39. The van der Waals surface area contributed by atoms with Crippen LogP contribution in [0.15, 0.2) is 23.0 Å². The van der Waals surface area contributed by atoms with Crippen molar-refractivity contribution in [2.24, 2.45) is 0 Å². The van der Waals surface area contributed by atoms with Crippen LogP contribution in [0.2, 0.25) is 0 Å². The van der Waals surface area contributed by atoms with Gasteiger partial charge in [0, 0.05) is 44.1 Å². The van der Waals surface area contributed by atoms with E-state index >= 15 is 0 Å². The monoisotopic (exact) mass is 350 g/mol. The van der Waals surface area contributed by atoms with Crippen molar-refractivity contribution in [1.29, 1.82) is 0 Å². The van der Waals surface area contributed by atoms with Gasteiger partial charge in [0.1, 0.15) is 10.0 Å². The second-order valence-corrected chi connectivity index (χ2v) is 7.12. The topological polar surface area (TPSA) is 80.5 Å². The van der Waals surface area contributed by atoms with E-state index in [0.717, 1.165) is 35.1 Å². The van der Waals surface area contributed by atoms with Crippen LogP contribution in [0.25, 0.3) is 0 Å². The van der Waals surface area contributed by atoms with E-state index in [2.05, 4.69) is 20.4 Å². The van der Waals surface area contributed by atoms with E-state index in [1.54, 1.807) is 23.9 Å². The number of carbonyl (C=O) groups excluding carboxylic acids is 1. The van der Waals surface area contributed by atoms with Crippen LogP contribution in [-0.2, 0) is 22.5 Å². The first-order chi connectivity index (χ1) is 11.7. The lowest BCUT2D eigenvalue weighted by Gasteiger charge is -2.34. The third kappa shape index (κ3) is 4.86. The molecule has 24 heavy (non-hydrogen) atoms. The molecule has 1 amide bonds. The molecule has 2 aromatic rings. The van der Waals surface area contributed by atoms with Crippen LogP contribution >= 0.6 is 11.3 Å². The van der Waals surface area contributed by atoms with Crippen LogP contribution in [0.3, 0.4) is 0 Å². The lowest BCUT2D eigenvalue weighted by Crippen LogP contribution is -2.47. The highest BCUT2D eigenvalue weighted by Gasteiger charge is 2.25. The van der Waals surface area contributed by atoms with E-state index in [1.807, 2.05) is 13.0 Å². The zero-order valence-electron chi connectivity index (χ0n) is 13.7. The smallest absolute Gasteiger partial charge is 0.221 e. The second kappa shape index (κ2) is 8.36. The summed E-state index contributed by atoms with van der Waals surface area (Å²) in [5.74, 6) is 0.0453. The summed E-state index contributed by atoms with van der Waals surface area (Å²) in [7, 11) is 0. The van der Waals surface area contributed by atoms with Gasteiger partial charge in [-0.05, 0) is 13.0 Å². The first-order valence-electron chi connectivity index (χ1n) is 8.09. The van der Waals surface area contributed by atoms with Crippen LogP contribution in [0, 0.1) is 6.92 Å². The molecule has 0 unspecified atom stereocenters. The summed E-state index contributed by atoms with van der Waals surface area (Å²) in [5, 5.41) is 12.9. The van der Waals surface area contributed by atoms with Gasteiger partial charge in [0.2, 0.25) is 5.91 Å². The van der Waals surface area contributed by atoms with E-state index in [4.69, 9.17) is 9.15 Å². The lowest BCUT2D eigenvalue weighted by atomic mass is 10.1. The first-order valence-corrected chi connectivity index (χ1v) is 8.91. The van der Waals surface area contributed by atoms with E-state index in [0.29, 0.717) is 26.2 Å². The van der Waals surface area contributed by atoms with Gasteiger partial charge in [-0.25, -0.2) is 0 Å². The molecule has 1 aliphatic heterocycles. The summed E-state index contributed by atoms with van der Waals surface area (Å²) >= 11 is 1.57. The maximum atomic E-state index is 12.2. The normalized spacial score (nSPS) is 18.6. The fourth-order valence-corrected chi connectivity index (χ4v) is 3.44. The SMILES string of the molecule is Cc1nnc(CCNC(=O)C[C@H]2COCCN2Cc2ccoc2)s1. The van der Waals surface area contributed by atoms with Crippen molar-refractivity contribution >= 4 is 17.2 Å². The van der Waals surface area contributed by atoms with Crippen molar-refractivity contribution in [2.45, 2.75) is 32.4 Å². The Morgan fingerprint density at radius 3 is 3.17 bits per heavy atom. The number of aromatic nitrogens is 2. The molecule has 130 valence electrons. The third-order valence-corrected chi connectivity index (χ3v) is 4.86. The van der Waals surface area contributed by atoms with Gasteiger partial charge in [-0.2, -0.15) is 0 Å². The molecule has 1 fully saturated rings. The van der Waals surface area contributed by atoms with E-state index in [-0.39, 0.29) is 11.9 Å². The molecule has 3 heterocycles. The highest BCUT2D eigenvalue weighted by Crippen LogP contribution is 2.15. The Morgan fingerprint density at radius 2 is 2.42 bits per heavy atom. The number of hydrogen-bond acceptors (Lipinski definition) is 7. The molecule has 8 heteroatoms. The average Bonchev–Trinajstić information content (AvgIpc) is 3.21. The van der Waals surface area contributed by atoms with Crippen LogP contribution in [0.4, 0.5) is 0 Å². The Labute approximate surface area is 145 Å². The van der Waals surface area contributed by atoms with Gasteiger partial charge in [0.05, 0.1) is 25.7 Å². The fourth-order valence-electron chi connectivity index (χ4n) is 2.74. The number of carbonyl (C=O) groups is 1. The molecule has 1 aliphatic rings. The summed E-state index contributed by atoms with van der Waals surface area (Å²) in [6, 6.07) is 2.05. The molecule has 7 nitrogen and oxygen atoms in total. The fraction of sp³-hybridized carbons (Fsp3) is 0.562. The highest BCUT2D eigenvalue weighted by molar-refractivity contribution is 7.11. The Hall–Kier alpha value is -1.77. The summed E-state index contributed by atoms with van der Waals surface area (Å²) in [5.41, 5.74) is 1.12. The second-order valence-electron chi connectivity index (χ2n) is 5.85. The maximum absolute atomic E-state index is 12.2. The number of morpholine rings is 1. The quantitative estimate of drug-likeness (QED) is 0.813. The highest BCUT2D eigenvalue weighted by atomic mass is 32.1. The molecule has 3 rings (SSSR count). The number of hydrogen-bond donors (Lipinski definition) is 1. The van der Waals surface area contributed by atoms with Crippen molar-refractivity contribution in [3.8, 4) is 0 Å². The summed E-state index contributed by atoms with van der Waals surface area (Å²) in [6.07, 6.45) is 4.58. The van der Waals surface area contributed by atoms with Crippen molar-refractivity contribution in [3.63, 3.8) is 0 Å². The minimum absolute atomic E-state index is 0.0453. The number of nitrogens with zero attached hydrogens (tertiary/aromatic N) is 3. The average molecular weight is 350 g/mol. The molecular weight excluding hydrogens is 328 g/mol. The Balaban J connectivity index is 1.44. The Kier molecular flexibility index (Phi) is 5.95. The summed E-state index contributed by atoms with van der Waals surface area (Å²) in [6.45, 7) is 5.41. The van der Waals surface area contributed by atoms with Crippen LogP contribution in [0.1, 0.15) is 22.0 Å². The molecule has 2 aromatic heterocycles. The van der Waals surface area contributed by atoms with E-state index in [9.17, 15) is 4.79 Å². The summed E-state index contributed by atoms with van der Waals surface area (Å²) in [4.78, 5) is 14.5. The van der Waals surface area contributed by atoms with Gasteiger partial charge in [0.15, 0.2) is 0 Å². The number of amides is 1. The van der Waals surface area contributed by atoms with Gasteiger partial charge in [-0.3, -0.25) is 9.69 Å². The maximum Gasteiger partial charge on any atom is 0.221 e. The Morgan fingerprint density at radius 1 is 1.50 bits per heavy atom. The predicted molar refractivity (Wildman–Crippen MR) is 89.7 cm³/mol. The minimum Gasteiger partial charge on any atom is -0.472 e. The molecule has 0 saturated carbocycles. The Bertz CT molecular complexity index is 644. The van der Waals surface area contributed by atoms with Crippen molar-refractivity contribution in [3.05, 3.63) is 34.2 Å². The van der Waals surface area contributed by atoms with Gasteiger partial charge < -0.3 is 14.5 Å². The standard InChI is InChI=1S/C16H22N4O3S/c1-12-18-19-16(24-12)2-4-17-15(21)8-14-11-23-7-5-20(14)9-13-3-6-22-10-13/h3,6,10,14H,2,4-5,7-9,11H2,1H3,(H,17,21)/t14-/m0/s1. The van der Waals surface area contributed by atoms with E-state index < -0.39 is 0 Å². The summed E-state index contributed by atoms with van der Waals surface area (Å²) < 4.78 is 10.7. The van der Waals surface area contributed by atoms with Crippen LogP contribution in [0.5, 0.6) is 0 Å². The molecule has 1 atom stereocenters. The zero-order valence-corrected chi connectivity index (χ0v) is 14.6. The molecule has 0 spiro atoms. The minimum atomic E-state index is 0.0453. The molecule has 0 radical (unpaired) electrons. The lowest BCUT2D eigenvalue weighted by molar-refractivity contribution is -0.124. The van der Waals surface area contributed by atoms with Gasteiger partial charge in [0.25, 0.3) is 0 Å². The zero-order chi connectivity index (χ0) is 16.8. The molecule has 1 N–H and O–H groups in total. The molecule has 0 aromatic carbocycles. The third-order valence-electron chi connectivity index (χ3n) is 3.97. The van der Waals surface area contributed by atoms with Gasteiger partial charge in [-0.15, -0.1) is 21.5 Å². The molecule has 1 saturated heterocycles. The van der Waals surface area contributed by atoms with Gasteiger partial charge in [-0.1, -0.05) is 0 Å². The largest absolute Gasteiger partial charge is 0.472 e. The van der Waals surface area contributed by atoms with Crippen molar-refractivity contribution < 1.29 is 13.9 Å². The van der Waals surface area contributed by atoms with Crippen LogP contribution in [-0.4, -0.2) is 53.3 Å². The molecule has 0 aliphatic carbocycles. The van der Waals surface area contributed by atoms with E-state index in [1.165, 1.54) is 0 Å². The number of furan rings is 1. The van der Waals surface area contributed by atoms with Crippen molar-refractivity contribution in [1.82, 2.24) is 20.4 Å². The van der Waals surface area contributed by atoms with Crippen molar-refractivity contribution in [2.75, 3.05) is 26.3 Å². The molecule has 0 bridgehead atoms. The first kappa shape index (κ1) is 17.1. The van der Waals surface area contributed by atoms with Gasteiger partial charge >= 0.3 is 0 Å². The number of ether oxygens (including phenoxy) is 1. The number of rotatable bonds is 7. The van der Waals surface area contributed by atoms with Crippen LogP contribution < -0.4 is 5.32 Å².